The van der Waals surface area contributed by atoms with Gasteiger partial charge in [-0.1, -0.05) is 42.5 Å². The lowest BCUT2D eigenvalue weighted by Gasteiger charge is -2.07. The van der Waals surface area contributed by atoms with Crippen LogP contribution in [-0.2, 0) is 0 Å². The quantitative estimate of drug-likeness (QED) is 0.621. The average Bonchev–Trinajstić information content (AvgIpc) is 2.39. The molecule has 2 aromatic carbocycles. The number of Topliss-reactive ketones (excluding diaryl/α,β-unsaturated/α-hetero) is 1. The molecule has 0 aliphatic rings. The van der Waals surface area contributed by atoms with E-state index in [-0.39, 0.29) is 10.9 Å². The predicted molar refractivity (Wildman–Crippen MR) is 77.8 cm³/mol. The number of rotatable bonds is 3. The predicted octanol–water partition coefficient (Wildman–Crippen LogP) is 4.13. The van der Waals surface area contributed by atoms with Crippen LogP contribution in [0.4, 0.5) is 0 Å². The first-order chi connectivity index (χ1) is 9.09. The third-order valence-electron chi connectivity index (χ3n) is 2.83. The molecular formula is C16H14O2S. The second-order valence-electron chi connectivity index (χ2n) is 4.26. The van der Waals surface area contributed by atoms with Gasteiger partial charge in [0.15, 0.2) is 5.78 Å². The molecule has 0 N–H and O–H groups in total. The summed E-state index contributed by atoms with van der Waals surface area (Å²) < 4.78 is 0. The van der Waals surface area contributed by atoms with Gasteiger partial charge in [-0.2, -0.15) is 0 Å². The maximum absolute atomic E-state index is 12.3. The zero-order valence-corrected chi connectivity index (χ0v) is 11.7. The van der Waals surface area contributed by atoms with Crippen LogP contribution in [0.15, 0.2) is 53.4 Å². The van der Waals surface area contributed by atoms with E-state index in [1.54, 1.807) is 24.3 Å². The van der Waals surface area contributed by atoms with Crippen LogP contribution >= 0.6 is 11.8 Å². The van der Waals surface area contributed by atoms with Crippen LogP contribution < -0.4 is 0 Å². The molecule has 0 spiro atoms. The van der Waals surface area contributed by atoms with Crippen molar-refractivity contribution in [3.05, 3.63) is 65.2 Å². The molecule has 0 saturated heterocycles. The lowest BCUT2D eigenvalue weighted by molar-refractivity contribution is 0.101. The Hall–Kier alpha value is -1.87. The fourth-order valence-electron chi connectivity index (χ4n) is 1.80. The van der Waals surface area contributed by atoms with Crippen molar-refractivity contribution in [1.82, 2.24) is 0 Å². The van der Waals surface area contributed by atoms with E-state index in [1.807, 2.05) is 31.2 Å². The SMILES string of the molecule is CC(=O)c1ccccc1SC(=O)c1ccccc1C. The zero-order valence-electron chi connectivity index (χ0n) is 10.8. The lowest BCUT2D eigenvalue weighted by Crippen LogP contribution is -2.00. The smallest absolute Gasteiger partial charge is 0.224 e. The molecule has 0 aliphatic carbocycles. The van der Waals surface area contributed by atoms with E-state index >= 15 is 0 Å². The van der Waals surface area contributed by atoms with Crippen LogP contribution in [0.3, 0.4) is 0 Å². The summed E-state index contributed by atoms with van der Waals surface area (Å²) in [6, 6.07) is 14.6. The summed E-state index contributed by atoms with van der Waals surface area (Å²) in [4.78, 5) is 24.5. The Bertz CT molecular complexity index is 632. The minimum atomic E-state index is -0.0354. The highest BCUT2D eigenvalue weighted by atomic mass is 32.2. The molecule has 0 unspecified atom stereocenters. The second-order valence-corrected chi connectivity index (χ2v) is 5.27. The Morgan fingerprint density at radius 3 is 2.11 bits per heavy atom. The number of benzene rings is 2. The Morgan fingerprint density at radius 1 is 0.895 bits per heavy atom. The second kappa shape index (κ2) is 5.85. The van der Waals surface area contributed by atoms with Crippen molar-refractivity contribution >= 4 is 22.7 Å². The first-order valence-corrected chi connectivity index (χ1v) is 6.79. The Morgan fingerprint density at radius 2 is 1.47 bits per heavy atom. The summed E-state index contributed by atoms with van der Waals surface area (Å²) in [7, 11) is 0. The van der Waals surface area contributed by atoms with Gasteiger partial charge in [0.1, 0.15) is 0 Å². The standard InChI is InChI=1S/C16H14O2S/c1-11-7-3-4-8-13(11)16(18)19-15-10-6-5-9-14(15)12(2)17/h3-10H,1-2H3. The van der Waals surface area contributed by atoms with Gasteiger partial charge < -0.3 is 0 Å². The molecular weight excluding hydrogens is 256 g/mol. The summed E-state index contributed by atoms with van der Waals surface area (Å²) in [5, 5.41) is -0.0354. The van der Waals surface area contributed by atoms with E-state index in [1.165, 1.54) is 6.92 Å². The Kier molecular flexibility index (Phi) is 4.17. The molecule has 3 heteroatoms. The van der Waals surface area contributed by atoms with Gasteiger partial charge >= 0.3 is 0 Å². The number of thioether (sulfide) groups is 1. The first-order valence-electron chi connectivity index (χ1n) is 5.97. The topological polar surface area (TPSA) is 34.1 Å². The van der Waals surface area contributed by atoms with Gasteiger partial charge in [0.25, 0.3) is 0 Å². The number of hydrogen-bond acceptors (Lipinski definition) is 3. The van der Waals surface area contributed by atoms with Crippen LogP contribution in [0.2, 0.25) is 0 Å². The fourth-order valence-corrected chi connectivity index (χ4v) is 2.81. The van der Waals surface area contributed by atoms with Gasteiger partial charge in [-0.3, -0.25) is 9.59 Å². The normalized spacial score (nSPS) is 10.2. The van der Waals surface area contributed by atoms with E-state index < -0.39 is 0 Å². The van der Waals surface area contributed by atoms with Crippen molar-refractivity contribution in [3.8, 4) is 0 Å². The summed E-state index contributed by atoms with van der Waals surface area (Å²) in [6.07, 6.45) is 0. The van der Waals surface area contributed by atoms with Crippen LogP contribution in [0.25, 0.3) is 0 Å². The van der Waals surface area contributed by atoms with Gasteiger partial charge in [0, 0.05) is 16.0 Å². The molecule has 0 radical (unpaired) electrons. The van der Waals surface area contributed by atoms with E-state index in [0.717, 1.165) is 17.3 Å². The monoisotopic (exact) mass is 270 g/mol. The number of carbonyl (C=O) groups excluding carboxylic acids is 2. The molecule has 0 aromatic heterocycles. The maximum atomic E-state index is 12.3. The van der Waals surface area contributed by atoms with Crippen molar-refractivity contribution in [2.45, 2.75) is 18.7 Å². The molecule has 2 nitrogen and oxygen atoms in total. The van der Waals surface area contributed by atoms with Crippen molar-refractivity contribution in [2.24, 2.45) is 0 Å². The third kappa shape index (κ3) is 3.12. The largest absolute Gasteiger partial charge is 0.294 e. The van der Waals surface area contributed by atoms with Gasteiger partial charge in [-0.15, -0.1) is 0 Å². The molecule has 0 bridgehead atoms. The molecule has 2 aromatic rings. The molecule has 0 saturated carbocycles. The lowest BCUT2D eigenvalue weighted by atomic mass is 10.1. The minimum absolute atomic E-state index is 0.0271. The number of hydrogen-bond donors (Lipinski definition) is 0. The number of aryl methyl sites for hydroxylation is 1. The maximum Gasteiger partial charge on any atom is 0.224 e. The van der Waals surface area contributed by atoms with Crippen molar-refractivity contribution < 1.29 is 9.59 Å². The summed E-state index contributed by atoms with van der Waals surface area (Å²) in [5.41, 5.74) is 2.22. The van der Waals surface area contributed by atoms with Crippen LogP contribution in [0.1, 0.15) is 33.2 Å². The number of ketones is 1. The van der Waals surface area contributed by atoms with Gasteiger partial charge in [0.2, 0.25) is 5.12 Å². The van der Waals surface area contributed by atoms with Crippen molar-refractivity contribution in [1.29, 1.82) is 0 Å². The molecule has 0 fully saturated rings. The summed E-state index contributed by atoms with van der Waals surface area (Å²) in [6.45, 7) is 3.42. The molecule has 96 valence electrons. The molecule has 0 atom stereocenters. The van der Waals surface area contributed by atoms with Gasteiger partial charge in [-0.25, -0.2) is 0 Å². The molecule has 0 aliphatic heterocycles. The molecule has 19 heavy (non-hydrogen) atoms. The minimum Gasteiger partial charge on any atom is -0.294 e. The average molecular weight is 270 g/mol. The Balaban J connectivity index is 2.30. The van der Waals surface area contributed by atoms with E-state index in [4.69, 9.17) is 0 Å². The molecule has 2 rings (SSSR count). The Labute approximate surface area is 116 Å². The number of carbonyl (C=O) groups is 2. The first kappa shape index (κ1) is 13.6. The highest BCUT2D eigenvalue weighted by Gasteiger charge is 2.14. The highest BCUT2D eigenvalue weighted by molar-refractivity contribution is 8.14. The molecule has 0 heterocycles. The zero-order chi connectivity index (χ0) is 13.8. The highest BCUT2D eigenvalue weighted by Crippen LogP contribution is 2.27. The van der Waals surface area contributed by atoms with Crippen molar-refractivity contribution in [2.75, 3.05) is 0 Å². The summed E-state index contributed by atoms with van der Waals surface area (Å²) >= 11 is 1.11. The van der Waals surface area contributed by atoms with Crippen molar-refractivity contribution in [3.63, 3.8) is 0 Å². The molecule has 0 amide bonds. The fraction of sp³-hybridized carbons (Fsp3) is 0.125. The van der Waals surface area contributed by atoms with E-state index in [2.05, 4.69) is 0 Å². The van der Waals surface area contributed by atoms with Gasteiger partial charge in [0.05, 0.1) is 0 Å². The summed E-state index contributed by atoms with van der Waals surface area (Å²) in [5.74, 6) is -0.0271. The van der Waals surface area contributed by atoms with E-state index in [0.29, 0.717) is 16.0 Å². The third-order valence-corrected chi connectivity index (χ3v) is 3.82. The van der Waals surface area contributed by atoms with Crippen LogP contribution in [0.5, 0.6) is 0 Å². The van der Waals surface area contributed by atoms with Crippen LogP contribution in [0, 0.1) is 6.92 Å². The van der Waals surface area contributed by atoms with Crippen LogP contribution in [-0.4, -0.2) is 10.9 Å². The van der Waals surface area contributed by atoms with E-state index in [9.17, 15) is 9.59 Å². The van der Waals surface area contributed by atoms with Gasteiger partial charge in [-0.05, 0) is 37.2 Å².